The highest BCUT2D eigenvalue weighted by Crippen LogP contribution is 2.30. The molecule has 204 valence electrons. The summed E-state index contributed by atoms with van der Waals surface area (Å²) in [6.45, 7) is 4.82. The number of methoxy groups -OCH3 is 1. The van der Waals surface area contributed by atoms with E-state index in [0.717, 1.165) is 24.7 Å². The van der Waals surface area contributed by atoms with Gasteiger partial charge in [-0.3, -0.25) is 13.9 Å². The number of anilines is 1. The molecule has 2 rings (SSSR count). The quantitative estimate of drug-likeness (QED) is 0.333. The molecule has 0 aliphatic carbocycles. The summed E-state index contributed by atoms with van der Waals surface area (Å²) in [6, 6.07) is 13.9. The maximum absolute atomic E-state index is 13.3. The first-order valence-corrected chi connectivity index (χ1v) is 14.7. The average molecular weight is 552 g/mol. The summed E-state index contributed by atoms with van der Waals surface area (Å²) in [5.41, 5.74) is 1.46. The second-order valence-corrected chi connectivity index (χ2v) is 11.2. The summed E-state index contributed by atoms with van der Waals surface area (Å²) >= 11 is 6.20. The lowest BCUT2D eigenvalue weighted by atomic mass is 10.1. The van der Waals surface area contributed by atoms with E-state index >= 15 is 0 Å². The van der Waals surface area contributed by atoms with Gasteiger partial charge in [-0.1, -0.05) is 55.3 Å². The molecule has 0 bridgehead atoms. The molecule has 0 fully saturated rings. The van der Waals surface area contributed by atoms with Crippen molar-refractivity contribution in [1.29, 1.82) is 0 Å². The van der Waals surface area contributed by atoms with Crippen LogP contribution in [0.4, 0.5) is 5.69 Å². The van der Waals surface area contributed by atoms with Gasteiger partial charge >= 0.3 is 0 Å². The maximum Gasteiger partial charge on any atom is 0.242 e. The van der Waals surface area contributed by atoms with Crippen molar-refractivity contribution in [3.8, 4) is 5.75 Å². The van der Waals surface area contributed by atoms with Crippen molar-refractivity contribution < 1.29 is 22.7 Å². The van der Waals surface area contributed by atoms with Crippen molar-refractivity contribution in [3.05, 3.63) is 59.1 Å². The topological polar surface area (TPSA) is 96.0 Å². The Balaban J connectivity index is 2.11. The summed E-state index contributed by atoms with van der Waals surface area (Å²) < 4.78 is 31.4. The van der Waals surface area contributed by atoms with Crippen LogP contribution in [0.25, 0.3) is 0 Å². The van der Waals surface area contributed by atoms with Crippen LogP contribution in [0.15, 0.2) is 48.5 Å². The number of halogens is 1. The molecule has 0 aliphatic heterocycles. The molecule has 0 unspecified atom stereocenters. The number of rotatable bonds is 15. The Morgan fingerprint density at radius 2 is 1.78 bits per heavy atom. The zero-order valence-corrected chi connectivity index (χ0v) is 23.6. The molecule has 37 heavy (non-hydrogen) atoms. The van der Waals surface area contributed by atoms with E-state index < -0.39 is 16.1 Å². The normalized spacial score (nSPS) is 12.0. The molecule has 0 saturated carbocycles. The lowest BCUT2D eigenvalue weighted by molar-refractivity contribution is -0.139. The SMILES string of the molecule is CCCCNC(=O)[C@H](C)N(CCc1ccccc1)C(=O)CCCN(c1ccc(OC)c(Cl)c1)S(C)(=O)=O. The molecule has 2 aromatic carbocycles. The van der Waals surface area contributed by atoms with Gasteiger partial charge in [0.2, 0.25) is 21.8 Å². The Hall–Kier alpha value is -2.78. The van der Waals surface area contributed by atoms with Crippen LogP contribution in [0.1, 0.15) is 45.1 Å². The Kier molecular flexibility index (Phi) is 12.2. The molecule has 1 atom stereocenters. The fourth-order valence-corrected chi connectivity index (χ4v) is 5.13. The van der Waals surface area contributed by atoms with Crippen LogP contribution in [-0.4, -0.2) is 64.2 Å². The molecule has 0 saturated heterocycles. The van der Waals surface area contributed by atoms with E-state index in [1.807, 2.05) is 37.3 Å². The van der Waals surface area contributed by atoms with E-state index in [0.29, 0.717) is 36.0 Å². The van der Waals surface area contributed by atoms with Crippen molar-refractivity contribution in [2.75, 3.05) is 37.3 Å². The third-order valence-corrected chi connectivity index (χ3v) is 7.55. The number of unbranched alkanes of at least 4 members (excludes halogenated alkanes) is 1. The predicted octanol–water partition coefficient (Wildman–Crippen LogP) is 4.27. The van der Waals surface area contributed by atoms with Crippen LogP contribution < -0.4 is 14.4 Å². The molecule has 0 heterocycles. The number of amides is 2. The minimum atomic E-state index is -3.62. The van der Waals surface area contributed by atoms with Crippen LogP contribution in [0, 0.1) is 0 Å². The number of sulfonamides is 1. The number of carbonyl (C=O) groups excluding carboxylic acids is 2. The third-order valence-electron chi connectivity index (χ3n) is 6.06. The van der Waals surface area contributed by atoms with Gasteiger partial charge in [0.1, 0.15) is 11.8 Å². The van der Waals surface area contributed by atoms with E-state index in [9.17, 15) is 18.0 Å². The first-order valence-electron chi connectivity index (χ1n) is 12.5. The largest absolute Gasteiger partial charge is 0.495 e. The van der Waals surface area contributed by atoms with Gasteiger partial charge in [-0.05, 0) is 49.9 Å². The van der Waals surface area contributed by atoms with E-state index in [-0.39, 0.29) is 31.2 Å². The molecule has 1 N–H and O–H groups in total. The van der Waals surface area contributed by atoms with E-state index in [1.165, 1.54) is 17.5 Å². The second kappa shape index (κ2) is 14.8. The first-order chi connectivity index (χ1) is 17.6. The molecule has 0 spiro atoms. The van der Waals surface area contributed by atoms with Gasteiger partial charge in [-0.25, -0.2) is 8.42 Å². The highest BCUT2D eigenvalue weighted by atomic mass is 35.5. The van der Waals surface area contributed by atoms with E-state index in [4.69, 9.17) is 16.3 Å². The predicted molar refractivity (Wildman–Crippen MR) is 149 cm³/mol. The molecule has 8 nitrogen and oxygen atoms in total. The Labute approximate surface area is 226 Å². The Morgan fingerprint density at radius 3 is 2.38 bits per heavy atom. The number of hydrogen-bond donors (Lipinski definition) is 1. The highest BCUT2D eigenvalue weighted by molar-refractivity contribution is 7.92. The molecule has 10 heteroatoms. The van der Waals surface area contributed by atoms with Gasteiger partial charge in [-0.2, -0.15) is 0 Å². The standard InChI is InChI=1S/C27H38ClN3O5S/c1-5-6-17-29-27(33)21(2)30(19-16-22-11-8-7-9-12-22)26(32)13-10-18-31(37(4,34)35)23-14-15-25(36-3)24(28)20-23/h7-9,11-12,14-15,20-21H,5-6,10,13,16-19H2,1-4H3,(H,29,33)/t21-/m0/s1. The van der Waals surface area contributed by atoms with Crippen LogP contribution in [0.2, 0.25) is 5.02 Å². The molecule has 0 aliphatic rings. The molecular formula is C27H38ClN3O5S. The molecule has 2 amide bonds. The highest BCUT2D eigenvalue weighted by Gasteiger charge is 2.26. The maximum atomic E-state index is 13.3. The van der Waals surface area contributed by atoms with Gasteiger partial charge in [0.05, 0.1) is 24.1 Å². The molecular weight excluding hydrogens is 514 g/mol. The Morgan fingerprint density at radius 1 is 1.08 bits per heavy atom. The van der Waals surface area contributed by atoms with Crippen molar-refractivity contribution >= 4 is 39.1 Å². The van der Waals surface area contributed by atoms with Crippen LogP contribution in [0.5, 0.6) is 5.75 Å². The van der Waals surface area contributed by atoms with Crippen LogP contribution in [-0.2, 0) is 26.0 Å². The minimum Gasteiger partial charge on any atom is -0.495 e. The monoisotopic (exact) mass is 551 g/mol. The fraction of sp³-hybridized carbons (Fsp3) is 0.481. The second-order valence-electron chi connectivity index (χ2n) is 8.90. The lowest BCUT2D eigenvalue weighted by Crippen LogP contribution is -2.49. The zero-order valence-electron chi connectivity index (χ0n) is 22.1. The minimum absolute atomic E-state index is 0.0941. The van der Waals surface area contributed by atoms with Gasteiger partial charge in [0.15, 0.2) is 0 Å². The fourth-order valence-electron chi connectivity index (χ4n) is 3.92. The van der Waals surface area contributed by atoms with Gasteiger partial charge in [0, 0.05) is 26.1 Å². The van der Waals surface area contributed by atoms with Gasteiger partial charge in [-0.15, -0.1) is 0 Å². The number of carbonyl (C=O) groups is 2. The zero-order chi connectivity index (χ0) is 27.4. The van der Waals surface area contributed by atoms with Gasteiger partial charge < -0.3 is 15.0 Å². The van der Waals surface area contributed by atoms with Crippen molar-refractivity contribution in [3.63, 3.8) is 0 Å². The summed E-state index contributed by atoms with van der Waals surface area (Å²) in [4.78, 5) is 27.6. The van der Waals surface area contributed by atoms with Crippen LogP contribution in [0.3, 0.4) is 0 Å². The Bertz CT molecular complexity index is 1130. The number of nitrogens with one attached hydrogen (secondary N) is 1. The van der Waals surface area contributed by atoms with Crippen LogP contribution >= 0.6 is 11.6 Å². The van der Waals surface area contributed by atoms with Crippen molar-refractivity contribution in [2.24, 2.45) is 0 Å². The summed E-state index contributed by atoms with van der Waals surface area (Å²) in [7, 11) is -2.13. The molecule has 0 aromatic heterocycles. The molecule has 0 radical (unpaired) electrons. The summed E-state index contributed by atoms with van der Waals surface area (Å²) in [5.74, 6) is 0.0464. The van der Waals surface area contributed by atoms with E-state index in [1.54, 1.807) is 24.0 Å². The third kappa shape index (κ3) is 9.55. The van der Waals surface area contributed by atoms with Gasteiger partial charge in [0.25, 0.3) is 0 Å². The number of nitrogens with zero attached hydrogens (tertiary/aromatic N) is 2. The van der Waals surface area contributed by atoms with Crippen molar-refractivity contribution in [2.45, 2.75) is 52.0 Å². The van der Waals surface area contributed by atoms with E-state index in [2.05, 4.69) is 5.32 Å². The lowest BCUT2D eigenvalue weighted by Gasteiger charge is -2.29. The molecule has 2 aromatic rings. The summed E-state index contributed by atoms with van der Waals surface area (Å²) in [5, 5.41) is 3.20. The summed E-state index contributed by atoms with van der Waals surface area (Å²) in [6.07, 6.45) is 3.92. The average Bonchev–Trinajstić information content (AvgIpc) is 2.86. The first kappa shape index (κ1) is 30.4. The number of ether oxygens (including phenoxy) is 1. The van der Waals surface area contributed by atoms with Crippen molar-refractivity contribution in [1.82, 2.24) is 10.2 Å². The smallest absolute Gasteiger partial charge is 0.242 e. The number of hydrogen-bond acceptors (Lipinski definition) is 5. The number of benzene rings is 2.